The quantitative estimate of drug-likeness (QED) is 0.774. The van der Waals surface area contributed by atoms with Crippen LogP contribution in [0.2, 0.25) is 0 Å². The first-order valence-corrected chi connectivity index (χ1v) is 4.37. The van der Waals surface area contributed by atoms with Gasteiger partial charge in [0.15, 0.2) is 0 Å². The lowest BCUT2D eigenvalue weighted by Crippen LogP contribution is -2.04. The first-order chi connectivity index (χ1) is 7.00. The Balaban J connectivity index is 2.55. The molecule has 0 saturated heterocycles. The maximum atomic E-state index is 12.4. The molecule has 1 radical (unpaired) electrons. The zero-order valence-electron chi connectivity index (χ0n) is 7.89. The summed E-state index contributed by atoms with van der Waals surface area (Å²) in [6.07, 6.45) is -2.61. The van der Waals surface area contributed by atoms with E-state index in [1.165, 1.54) is 6.07 Å². The van der Waals surface area contributed by atoms with Gasteiger partial charge in [0.2, 0.25) is 0 Å². The SMILES string of the molecule is C[CH]c1nc2cc(C(F)(F)F)ccc2[nH]1. The van der Waals surface area contributed by atoms with Crippen molar-refractivity contribution in [3.8, 4) is 0 Å². The van der Waals surface area contributed by atoms with Crippen molar-refractivity contribution in [3.63, 3.8) is 0 Å². The van der Waals surface area contributed by atoms with E-state index in [-0.39, 0.29) is 0 Å². The summed E-state index contributed by atoms with van der Waals surface area (Å²) in [4.78, 5) is 6.88. The molecular formula is C10H8F3N2. The van der Waals surface area contributed by atoms with Gasteiger partial charge in [-0.1, -0.05) is 6.92 Å². The second-order valence-electron chi connectivity index (χ2n) is 3.14. The number of hydrogen-bond acceptors (Lipinski definition) is 1. The Bertz CT molecular complexity index is 485. The van der Waals surface area contributed by atoms with Gasteiger partial charge in [-0.2, -0.15) is 13.2 Å². The fraction of sp³-hybridized carbons (Fsp3) is 0.200. The van der Waals surface area contributed by atoms with Crippen LogP contribution in [0.25, 0.3) is 11.0 Å². The van der Waals surface area contributed by atoms with E-state index < -0.39 is 11.7 Å². The fourth-order valence-electron chi connectivity index (χ4n) is 1.34. The van der Waals surface area contributed by atoms with Crippen LogP contribution in [0.15, 0.2) is 18.2 Å². The Morgan fingerprint density at radius 2 is 2.07 bits per heavy atom. The van der Waals surface area contributed by atoms with Gasteiger partial charge in [-0.05, 0) is 18.2 Å². The molecule has 0 aliphatic rings. The highest BCUT2D eigenvalue weighted by Gasteiger charge is 2.30. The molecule has 0 unspecified atom stereocenters. The molecule has 2 aromatic rings. The highest BCUT2D eigenvalue weighted by atomic mass is 19.4. The molecule has 0 fully saturated rings. The number of fused-ring (bicyclic) bond motifs is 1. The number of nitrogens with zero attached hydrogens (tertiary/aromatic N) is 1. The van der Waals surface area contributed by atoms with Crippen LogP contribution >= 0.6 is 0 Å². The van der Waals surface area contributed by atoms with Gasteiger partial charge >= 0.3 is 6.18 Å². The molecule has 5 heteroatoms. The molecule has 2 rings (SSSR count). The van der Waals surface area contributed by atoms with E-state index in [4.69, 9.17) is 0 Å². The zero-order chi connectivity index (χ0) is 11.1. The van der Waals surface area contributed by atoms with Crippen molar-refractivity contribution in [1.29, 1.82) is 0 Å². The summed E-state index contributed by atoms with van der Waals surface area (Å²) in [5, 5.41) is 0. The van der Waals surface area contributed by atoms with Crippen LogP contribution in [0.3, 0.4) is 0 Å². The molecule has 0 atom stereocenters. The zero-order valence-corrected chi connectivity index (χ0v) is 7.89. The van der Waals surface area contributed by atoms with Crippen molar-refractivity contribution < 1.29 is 13.2 Å². The van der Waals surface area contributed by atoms with Gasteiger partial charge in [0.1, 0.15) is 5.82 Å². The third kappa shape index (κ3) is 1.82. The number of hydrogen-bond donors (Lipinski definition) is 1. The number of rotatable bonds is 1. The first kappa shape index (κ1) is 10.0. The average Bonchev–Trinajstić information content (AvgIpc) is 2.57. The summed E-state index contributed by atoms with van der Waals surface area (Å²) in [6.45, 7) is 1.77. The lowest BCUT2D eigenvalue weighted by atomic mass is 10.2. The molecule has 0 aliphatic heterocycles. The van der Waals surface area contributed by atoms with Crippen molar-refractivity contribution in [3.05, 3.63) is 36.0 Å². The minimum Gasteiger partial charge on any atom is -0.342 e. The summed E-state index contributed by atoms with van der Waals surface area (Å²) in [7, 11) is 0. The predicted molar refractivity (Wildman–Crippen MR) is 50.2 cm³/mol. The Kier molecular flexibility index (Phi) is 2.17. The summed E-state index contributed by atoms with van der Waals surface area (Å²) in [5.41, 5.74) is 0.262. The minimum atomic E-state index is -4.32. The summed E-state index contributed by atoms with van der Waals surface area (Å²) in [5.74, 6) is 0.573. The molecular weight excluding hydrogens is 205 g/mol. The normalized spacial score (nSPS) is 12.3. The van der Waals surface area contributed by atoms with Crippen LogP contribution in [0.4, 0.5) is 13.2 Å². The monoisotopic (exact) mass is 213 g/mol. The molecule has 0 saturated carbocycles. The third-order valence-electron chi connectivity index (χ3n) is 2.10. The lowest BCUT2D eigenvalue weighted by molar-refractivity contribution is -0.137. The largest absolute Gasteiger partial charge is 0.416 e. The van der Waals surface area contributed by atoms with Gasteiger partial charge < -0.3 is 4.98 Å². The van der Waals surface area contributed by atoms with Gasteiger partial charge in [0, 0.05) is 6.42 Å². The highest BCUT2D eigenvalue weighted by Crippen LogP contribution is 2.30. The van der Waals surface area contributed by atoms with Crippen LogP contribution < -0.4 is 0 Å². The lowest BCUT2D eigenvalue weighted by Gasteiger charge is -2.04. The third-order valence-corrected chi connectivity index (χ3v) is 2.10. The highest BCUT2D eigenvalue weighted by molar-refractivity contribution is 5.76. The smallest absolute Gasteiger partial charge is 0.342 e. The number of H-pyrrole nitrogens is 1. The number of halogens is 3. The standard InChI is InChI=1S/C10H8F3N2/c1-2-9-14-7-4-3-6(10(11,12)13)5-8(7)15-9/h2-5H,1H3,(H,14,15). The van der Waals surface area contributed by atoms with E-state index in [2.05, 4.69) is 9.97 Å². The summed E-state index contributed by atoms with van der Waals surface area (Å²) in [6, 6.07) is 3.47. The Hall–Kier alpha value is -1.52. The van der Waals surface area contributed by atoms with E-state index in [0.717, 1.165) is 12.1 Å². The van der Waals surface area contributed by atoms with Crippen molar-refractivity contribution in [1.82, 2.24) is 9.97 Å². The van der Waals surface area contributed by atoms with Crippen molar-refractivity contribution in [2.24, 2.45) is 0 Å². The van der Waals surface area contributed by atoms with E-state index in [1.54, 1.807) is 13.3 Å². The molecule has 1 heterocycles. The topological polar surface area (TPSA) is 28.7 Å². The molecule has 15 heavy (non-hydrogen) atoms. The Morgan fingerprint density at radius 1 is 1.33 bits per heavy atom. The molecule has 0 aliphatic carbocycles. The van der Waals surface area contributed by atoms with E-state index >= 15 is 0 Å². The number of aromatic amines is 1. The van der Waals surface area contributed by atoms with Gasteiger partial charge in [-0.25, -0.2) is 4.98 Å². The number of nitrogens with one attached hydrogen (secondary N) is 1. The van der Waals surface area contributed by atoms with Gasteiger partial charge in [0.05, 0.1) is 16.6 Å². The van der Waals surface area contributed by atoms with Crippen molar-refractivity contribution in [2.75, 3.05) is 0 Å². The Morgan fingerprint density at radius 3 is 2.67 bits per heavy atom. The number of benzene rings is 1. The number of alkyl halides is 3. The van der Waals surface area contributed by atoms with Gasteiger partial charge in [-0.15, -0.1) is 0 Å². The average molecular weight is 213 g/mol. The first-order valence-electron chi connectivity index (χ1n) is 4.37. The number of aromatic nitrogens is 2. The molecule has 0 spiro atoms. The number of imidazole rings is 1. The molecule has 2 nitrogen and oxygen atoms in total. The minimum absolute atomic E-state index is 0.331. The van der Waals surface area contributed by atoms with Crippen molar-refractivity contribution in [2.45, 2.75) is 13.1 Å². The second-order valence-corrected chi connectivity index (χ2v) is 3.14. The van der Waals surface area contributed by atoms with E-state index in [0.29, 0.717) is 16.9 Å². The van der Waals surface area contributed by atoms with Gasteiger partial charge in [0.25, 0.3) is 0 Å². The summed E-state index contributed by atoms with van der Waals surface area (Å²) >= 11 is 0. The predicted octanol–water partition coefficient (Wildman–Crippen LogP) is 3.15. The second kappa shape index (κ2) is 3.25. The van der Waals surface area contributed by atoms with Crippen LogP contribution in [0.5, 0.6) is 0 Å². The molecule has 0 bridgehead atoms. The van der Waals surface area contributed by atoms with Crippen LogP contribution in [0.1, 0.15) is 18.3 Å². The van der Waals surface area contributed by atoms with Crippen LogP contribution in [-0.2, 0) is 6.18 Å². The molecule has 1 N–H and O–H groups in total. The van der Waals surface area contributed by atoms with E-state index in [9.17, 15) is 13.2 Å². The van der Waals surface area contributed by atoms with Crippen LogP contribution in [0, 0.1) is 6.42 Å². The maximum absolute atomic E-state index is 12.4. The Labute approximate surface area is 84.1 Å². The molecule has 1 aromatic carbocycles. The molecule has 79 valence electrons. The maximum Gasteiger partial charge on any atom is 0.416 e. The van der Waals surface area contributed by atoms with Crippen LogP contribution in [-0.4, -0.2) is 9.97 Å². The molecule has 0 amide bonds. The molecule has 1 aromatic heterocycles. The van der Waals surface area contributed by atoms with Gasteiger partial charge in [-0.3, -0.25) is 0 Å². The summed E-state index contributed by atoms with van der Waals surface area (Å²) < 4.78 is 37.1. The van der Waals surface area contributed by atoms with Crippen molar-refractivity contribution >= 4 is 11.0 Å². The van der Waals surface area contributed by atoms with E-state index in [1.807, 2.05) is 0 Å². The fourth-order valence-corrected chi connectivity index (χ4v) is 1.34.